The van der Waals surface area contributed by atoms with Gasteiger partial charge in [-0.05, 0) is 5.56 Å². The van der Waals surface area contributed by atoms with E-state index in [0.717, 1.165) is 5.56 Å². The van der Waals surface area contributed by atoms with Crippen LogP contribution in [0, 0.1) is 0 Å². The molecular weight excluding hydrogens is 301 g/mol. The van der Waals surface area contributed by atoms with Gasteiger partial charge in [0.25, 0.3) is 0 Å². The second kappa shape index (κ2) is 6.61. The first-order chi connectivity index (χ1) is 7.27. The van der Waals surface area contributed by atoms with E-state index in [2.05, 4.69) is 29.2 Å². The summed E-state index contributed by atoms with van der Waals surface area (Å²) in [5.41, 5.74) is 1.15. The molecule has 1 amide bonds. The fourth-order valence-corrected chi connectivity index (χ4v) is 1.78. The average Bonchev–Trinajstić information content (AvgIpc) is 2.29. The molecule has 0 unspecified atom stereocenters. The summed E-state index contributed by atoms with van der Waals surface area (Å²) >= 11 is 2.09. The predicted octanol–water partition coefficient (Wildman–Crippen LogP) is 2.64. The van der Waals surface area contributed by atoms with Gasteiger partial charge in [-0.2, -0.15) is 0 Å². The van der Waals surface area contributed by atoms with E-state index in [9.17, 15) is 4.79 Å². The molecule has 1 aromatic rings. The number of hydrogen-bond acceptors (Lipinski definition) is 1. The summed E-state index contributed by atoms with van der Waals surface area (Å²) in [6, 6.07) is 9.99. The van der Waals surface area contributed by atoms with Gasteiger partial charge in [0.2, 0.25) is 5.91 Å². The third kappa shape index (κ3) is 4.03. The first kappa shape index (κ1) is 12.2. The van der Waals surface area contributed by atoms with E-state index in [-0.39, 0.29) is 5.91 Å². The molecule has 15 heavy (non-hydrogen) atoms. The van der Waals surface area contributed by atoms with Crippen LogP contribution in [0.2, 0.25) is 0 Å². The summed E-state index contributed by atoms with van der Waals surface area (Å²) in [5.74, 6) is 0.152. The Morgan fingerprint density at radius 2 is 2.07 bits per heavy atom. The van der Waals surface area contributed by atoms with Crippen LogP contribution in [0.4, 0.5) is 0 Å². The fraction of sp³-hybridized carbons (Fsp3) is 0.250. The second-order valence-corrected chi connectivity index (χ2v) is 3.94. The Labute approximate surface area is 104 Å². The number of alkyl halides is 1. The van der Waals surface area contributed by atoms with Crippen LogP contribution in [0.5, 0.6) is 0 Å². The summed E-state index contributed by atoms with van der Waals surface area (Å²) in [4.78, 5) is 13.4. The molecular formula is C12H14INO. The number of hydrogen-bond donors (Lipinski definition) is 0. The normalized spacial score (nSPS) is 9.67. The maximum atomic E-state index is 11.6. The molecule has 0 N–H and O–H groups in total. The van der Waals surface area contributed by atoms with E-state index in [1.165, 1.54) is 0 Å². The fourth-order valence-electron chi connectivity index (χ4n) is 1.30. The van der Waals surface area contributed by atoms with E-state index in [4.69, 9.17) is 0 Å². The number of carbonyl (C=O) groups is 1. The van der Waals surface area contributed by atoms with Crippen molar-refractivity contribution in [1.29, 1.82) is 0 Å². The molecule has 1 aromatic carbocycles. The Balaban J connectivity index is 2.66. The highest BCUT2D eigenvalue weighted by Gasteiger charge is 2.10. The standard InChI is InChI=1S/C12H14INO/c1-2-8-14(12(15)9-13)10-11-6-4-3-5-7-11/h2-7H,1,8-10H2. The molecule has 0 aliphatic rings. The van der Waals surface area contributed by atoms with Crippen LogP contribution < -0.4 is 0 Å². The highest BCUT2D eigenvalue weighted by molar-refractivity contribution is 14.1. The smallest absolute Gasteiger partial charge is 0.232 e. The molecule has 2 nitrogen and oxygen atoms in total. The van der Waals surface area contributed by atoms with Gasteiger partial charge in [0, 0.05) is 13.1 Å². The van der Waals surface area contributed by atoms with E-state index < -0.39 is 0 Å². The molecule has 0 bridgehead atoms. The number of carbonyl (C=O) groups excluding carboxylic acids is 1. The van der Waals surface area contributed by atoms with Crippen LogP contribution in [0.25, 0.3) is 0 Å². The highest BCUT2D eigenvalue weighted by atomic mass is 127. The van der Waals surface area contributed by atoms with Crippen molar-refractivity contribution in [2.45, 2.75) is 6.54 Å². The average molecular weight is 315 g/mol. The van der Waals surface area contributed by atoms with Crippen molar-refractivity contribution in [3.63, 3.8) is 0 Å². The van der Waals surface area contributed by atoms with Crippen LogP contribution in [0.1, 0.15) is 5.56 Å². The lowest BCUT2D eigenvalue weighted by molar-refractivity contribution is -0.128. The maximum Gasteiger partial charge on any atom is 0.232 e. The molecule has 0 aliphatic heterocycles. The Kier molecular flexibility index (Phi) is 5.39. The lowest BCUT2D eigenvalue weighted by atomic mass is 10.2. The molecule has 80 valence electrons. The van der Waals surface area contributed by atoms with Gasteiger partial charge in [-0.25, -0.2) is 0 Å². The van der Waals surface area contributed by atoms with E-state index in [1.54, 1.807) is 11.0 Å². The zero-order valence-electron chi connectivity index (χ0n) is 8.53. The van der Waals surface area contributed by atoms with Gasteiger partial charge in [-0.3, -0.25) is 4.79 Å². The van der Waals surface area contributed by atoms with Crippen molar-refractivity contribution in [2.24, 2.45) is 0 Å². The highest BCUT2D eigenvalue weighted by Crippen LogP contribution is 2.05. The first-order valence-corrected chi connectivity index (χ1v) is 6.29. The minimum atomic E-state index is 0.152. The third-order valence-electron chi connectivity index (χ3n) is 2.03. The molecule has 0 aromatic heterocycles. The molecule has 0 atom stereocenters. The summed E-state index contributed by atoms with van der Waals surface area (Å²) in [6.07, 6.45) is 1.76. The molecule has 0 saturated heterocycles. The number of benzene rings is 1. The Morgan fingerprint density at radius 1 is 1.40 bits per heavy atom. The van der Waals surface area contributed by atoms with E-state index in [0.29, 0.717) is 17.5 Å². The topological polar surface area (TPSA) is 20.3 Å². The van der Waals surface area contributed by atoms with E-state index >= 15 is 0 Å². The molecule has 0 spiro atoms. The first-order valence-electron chi connectivity index (χ1n) is 4.76. The van der Waals surface area contributed by atoms with Crippen molar-refractivity contribution >= 4 is 28.5 Å². The zero-order valence-corrected chi connectivity index (χ0v) is 10.7. The van der Waals surface area contributed by atoms with Gasteiger partial charge in [-0.1, -0.05) is 59.0 Å². The second-order valence-electron chi connectivity index (χ2n) is 3.18. The zero-order chi connectivity index (χ0) is 11.1. The van der Waals surface area contributed by atoms with Crippen LogP contribution in [-0.2, 0) is 11.3 Å². The predicted molar refractivity (Wildman–Crippen MR) is 70.9 cm³/mol. The van der Waals surface area contributed by atoms with Crippen LogP contribution in [0.15, 0.2) is 43.0 Å². The number of nitrogens with zero attached hydrogens (tertiary/aromatic N) is 1. The van der Waals surface area contributed by atoms with Crippen molar-refractivity contribution in [1.82, 2.24) is 4.90 Å². The summed E-state index contributed by atoms with van der Waals surface area (Å²) in [5, 5.41) is 0. The Bertz CT molecular complexity index is 324. The summed E-state index contributed by atoms with van der Waals surface area (Å²) < 4.78 is 0.512. The molecule has 3 heteroatoms. The number of halogens is 1. The minimum absolute atomic E-state index is 0.152. The maximum absolute atomic E-state index is 11.6. The number of amides is 1. The van der Waals surface area contributed by atoms with Crippen molar-refractivity contribution in [3.8, 4) is 0 Å². The number of rotatable bonds is 5. The molecule has 0 fully saturated rings. The van der Waals surface area contributed by atoms with Gasteiger partial charge >= 0.3 is 0 Å². The van der Waals surface area contributed by atoms with Crippen LogP contribution >= 0.6 is 22.6 Å². The monoisotopic (exact) mass is 315 g/mol. The van der Waals surface area contributed by atoms with Crippen LogP contribution in [0.3, 0.4) is 0 Å². The minimum Gasteiger partial charge on any atom is -0.334 e. The van der Waals surface area contributed by atoms with Crippen molar-refractivity contribution in [2.75, 3.05) is 11.0 Å². The summed E-state index contributed by atoms with van der Waals surface area (Å²) in [6.45, 7) is 4.93. The van der Waals surface area contributed by atoms with Crippen molar-refractivity contribution in [3.05, 3.63) is 48.6 Å². The largest absolute Gasteiger partial charge is 0.334 e. The SMILES string of the molecule is C=CCN(Cc1ccccc1)C(=O)CI. The third-order valence-corrected chi connectivity index (χ3v) is 2.69. The Hall–Kier alpha value is -0.840. The van der Waals surface area contributed by atoms with Gasteiger partial charge in [-0.15, -0.1) is 6.58 Å². The Morgan fingerprint density at radius 3 is 2.60 bits per heavy atom. The van der Waals surface area contributed by atoms with Crippen molar-refractivity contribution < 1.29 is 4.79 Å². The molecule has 0 saturated carbocycles. The lowest BCUT2D eigenvalue weighted by Gasteiger charge is -2.20. The molecule has 0 radical (unpaired) electrons. The van der Waals surface area contributed by atoms with Gasteiger partial charge in [0.05, 0.1) is 4.43 Å². The van der Waals surface area contributed by atoms with Gasteiger partial charge in [0.15, 0.2) is 0 Å². The molecule has 0 aliphatic carbocycles. The lowest BCUT2D eigenvalue weighted by Crippen LogP contribution is -2.31. The van der Waals surface area contributed by atoms with E-state index in [1.807, 2.05) is 30.3 Å². The van der Waals surface area contributed by atoms with Gasteiger partial charge < -0.3 is 4.90 Å². The molecule has 1 rings (SSSR count). The van der Waals surface area contributed by atoms with Crippen LogP contribution in [-0.4, -0.2) is 21.8 Å². The quantitative estimate of drug-likeness (QED) is 0.465. The summed E-state index contributed by atoms with van der Waals surface area (Å²) in [7, 11) is 0. The van der Waals surface area contributed by atoms with Gasteiger partial charge in [0.1, 0.15) is 0 Å². The molecule has 0 heterocycles.